The molecule has 18 heavy (non-hydrogen) atoms. The Kier molecular flexibility index (Phi) is 3.61. The summed E-state index contributed by atoms with van der Waals surface area (Å²) in [7, 11) is 1.05. The molecule has 96 valence electrons. The van der Waals surface area contributed by atoms with Gasteiger partial charge in [0, 0.05) is 0 Å². The highest BCUT2D eigenvalue weighted by atomic mass is 19.4. The number of nitriles is 1. The Hall–Kier alpha value is -2.50. The summed E-state index contributed by atoms with van der Waals surface area (Å²) < 4.78 is 44.0. The number of hydrogen-bond acceptors (Lipinski definition) is 6. The molecule has 0 fully saturated rings. The monoisotopic (exact) mass is 261 g/mol. The second-order valence-corrected chi connectivity index (χ2v) is 2.93. The van der Waals surface area contributed by atoms with Crippen molar-refractivity contribution >= 4 is 11.7 Å². The molecular formula is C9H6F3N3O3. The predicted molar refractivity (Wildman–Crippen MR) is 51.4 cm³/mol. The predicted octanol–water partition coefficient (Wildman–Crippen LogP) is 1.22. The Labute approximate surface area is 98.7 Å². The number of pyridine rings is 1. The van der Waals surface area contributed by atoms with Gasteiger partial charge in [-0.05, 0) is 6.07 Å². The van der Waals surface area contributed by atoms with E-state index in [1.807, 2.05) is 0 Å². The van der Waals surface area contributed by atoms with Gasteiger partial charge in [-0.2, -0.15) is 5.26 Å². The fraction of sp³-hybridized carbons (Fsp3) is 0.222. The highest BCUT2D eigenvalue weighted by Crippen LogP contribution is 2.31. The first-order valence-corrected chi connectivity index (χ1v) is 4.33. The van der Waals surface area contributed by atoms with Crippen LogP contribution < -0.4 is 10.5 Å². The van der Waals surface area contributed by atoms with E-state index in [1.54, 1.807) is 0 Å². The van der Waals surface area contributed by atoms with Crippen molar-refractivity contribution in [3.8, 4) is 11.8 Å². The van der Waals surface area contributed by atoms with E-state index in [2.05, 4.69) is 14.5 Å². The van der Waals surface area contributed by atoms with Crippen molar-refractivity contribution in [2.75, 3.05) is 12.8 Å². The molecule has 1 aromatic rings. The van der Waals surface area contributed by atoms with Crippen molar-refractivity contribution in [1.29, 1.82) is 5.26 Å². The van der Waals surface area contributed by atoms with E-state index in [-0.39, 0.29) is 5.69 Å². The second kappa shape index (κ2) is 4.79. The Bertz CT molecular complexity index is 522. The zero-order chi connectivity index (χ0) is 13.9. The van der Waals surface area contributed by atoms with Gasteiger partial charge in [0.15, 0.2) is 17.1 Å². The number of aromatic nitrogens is 1. The lowest BCUT2D eigenvalue weighted by Crippen LogP contribution is -2.20. The van der Waals surface area contributed by atoms with Gasteiger partial charge in [0.1, 0.15) is 6.07 Å². The SMILES string of the molecule is COC(=O)c1cc(N)c(OC(F)(F)F)c(C#N)n1. The minimum Gasteiger partial charge on any atom is -0.464 e. The van der Waals surface area contributed by atoms with Crippen LogP contribution in [0, 0.1) is 11.3 Å². The molecule has 0 unspecified atom stereocenters. The highest BCUT2D eigenvalue weighted by molar-refractivity contribution is 5.89. The standard InChI is InChI=1S/C9H6F3N3O3/c1-17-8(16)5-2-4(14)7(6(3-13)15-5)18-9(10,11)12/h2H,1H3,(H2,14,15). The van der Waals surface area contributed by atoms with Gasteiger partial charge in [0.05, 0.1) is 12.8 Å². The Balaban J connectivity index is 3.30. The first-order chi connectivity index (χ1) is 8.28. The van der Waals surface area contributed by atoms with E-state index in [0.717, 1.165) is 13.2 Å². The van der Waals surface area contributed by atoms with E-state index in [4.69, 9.17) is 11.0 Å². The molecule has 0 spiro atoms. The number of nitrogens with two attached hydrogens (primary N) is 1. The second-order valence-electron chi connectivity index (χ2n) is 2.93. The number of carbonyl (C=O) groups is 1. The van der Waals surface area contributed by atoms with Crippen LogP contribution in [-0.4, -0.2) is 24.4 Å². The molecule has 0 radical (unpaired) electrons. The third-order valence-electron chi connectivity index (χ3n) is 1.72. The first-order valence-electron chi connectivity index (χ1n) is 4.33. The van der Waals surface area contributed by atoms with Gasteiger partial charge in [0.25, 0.3) is 0 Å². The lowest BCUT2D eigenvalue weighted by atomic mass is 10.2. The zero-order valence-corrected chi connectivity index (χ0v) is 8.91. The number of hydrogen-bond donors (Lipinski definition) is 1. The van der Waals surface area contributed by atoms with Crippen molar-refractivity contribution in [2.24, 2.45) is 0 Å². The van der Waals surface area contributed by atoms with Crippen molar-refractivity contribution in [3.05, 3.63) is 17.5 Å². The molecule has 1 heterocycles. The van der Waals surface area contributed by atoms with Gasteiger partial charge in [-0.3, -0.25) is 0 Å². The number of methoxy groups -OCH3 is 1. The lowest BCUT2D eigenvalue weighted by molar-refractivity contribution is -0.274. The number of nitrogens with zero attached hydrogens (tertiary/aromatic N) is 2. The topological polar surface area (TPSA) is 98.2 Å². The maximum absolute atomic E-state index is 12.1. The van der Waals surface area contributed by atoms with Crippen LogP contribution in [0.25, 0.3) is 0 Å². The molecular weight excluding hydrogens is 255 g/mol. The molecule has 1 rings (SSSR count). The fourth-order valence-electron chi connectivity index (χ4n) is 1.06. The van der Waals surface area contributed by atoms with Crippen LogP contribution in [-0.2, 0) is 4.74 Å². The van der Waals surface area contributed by atoms with E-state index < -0.39 is 29.5 Å². The molecule has 0 aliphatic rings. The van der Waals surface area contributed by atoms with Crippen LogP contribution in [0.1, 0.15) is 16.2 Å². The van der Waals surface area contributed by atoms with Gasteiger partial charge in [-0.15, -0.1) is 13.2 Å². The first kappa shape index (κ1) is 13.6. The number of nitrogen functional groups attached to an aromatic ring is 1. The van der Waals surface area contributed by atoms with Gasteiger partial charge < -0.3 is 15.2 Å². The normalized spacial score (nSPS) is 10.6. The average Bonchev–Trinajstić information content (AvgIpc) is 2.28. The minimum absolute atomic E-state index is 0.388. The molecule has 1 aromatic heterocycles. The molecule has 0 saturated carbocycles. The number of carbonyl (C=O) groups excluding carboxylic acids is 1. The van der Waals surface area contributed by atoms with Gasteiger partial charge >= 0.3 is 12.3 Å². The molecule has 0 atom stereocenters. The molecule has 0 aliphatic heterocycles. The third kappa shape index (κ3) is 3.00. The Morgan fingerprint density at radius 2 is 2.17 bits per heavy atom. The number of rotatable bonds is 2. The van der Waals surface area contributed by atoms with Crippen molar-refractivity contribution in [1.82, 2.24) is 4.98 Å². The summed E-state index contributed by atoms with van der Waals surface area (Å²) in [5.41, 5.74) is 3.59. The summed E-state index contributed by atoms with van der Waals surface area (Å²) in [5.74, 6) is -1.88. The minimum atomic E-state index is -5.02. The van der Waals surface area contributed by atoms with Crippen molar-refractivity contribution in [3.63, 3.8) is 0 Å². The number of halogens is 3. The van der Waals surface area contributed by atoms with Gasteiger partial charge in [-0.1, -0.05) is 0 Å². The molecule has 0 bridgehead atoms. The summed E-state index contributed by atoms with van der Waals surface area (Å²) in [6.07, 6.45) is -5.02. The molecule has 0 aliphatic carbocycles. The summed E-state index contributed by atoms with van der Waals surface area (Å²) in [4.78, 5) is 14.5. The van der Waals surface area contributed by atoms with Crippen molar-refractivity contribution < 1.29 is 27.4 Å². The average molecular weight is 261 g/mol. The van der Waals surface area contributed by atoms with Gasteiger partial charge in [0.2, 0.25) is 0 Å². The summed E-state index contributed by atoms with van der Waals surface area (Å²) in [6, 6.07) is 2.18. The fourth-order valence-corrected chi connectivity index (χ4v) is 1.06. The highest BCUT2D eigenvalue weighted by Gasteiger charge is 2.34. The van der Waals surface area contributed by atoms with Crippen LogP contribution in [0.2, 0.25) is 0 Å². The van der Waals surface area contributed by atoms with Crippen LogP contribution in [0.5, 0.6) is 5.75 Å². The van der Waals surface area contributed by atoms with Crippen LogP contribution in [0.15, 0.2) is 6.07 Å². The number of anilines is 1. The molecule has 0 aromatic carbocycles. The van der Waals surface area contributed by atoms with Crippen molar-refractivity contribution in [2.45, 2.75) is 6.36 Å². The summed E-state index contributed by atoms with van der Waals surface area (Å²) in [6.45, 7) is 0. The van der Waals surface area contributed by atoms with E-state index in [9.17, 15) is 18.0 Å². The Morgan fingerprint density at radius 1 is 1.56 bits per heavy atom. The van der Waals surface area contributed by atoms with Crippen LogP contribution in [0.4, 0.5) is 18.9 Å². The van der Waals surface area contributed by atoms with E-state index in [0.29, 0.717) is 0 Å². The Morgan fingerprint density at radius 3 is 2.61 bits per heavy atom. The molecule has 0 amide bonds. The smallest absolute Gasteiger partial charge is 0.464 e. The number of alkyl halides is 3. The van der Waals surface area contributed by atoms with Crippen LogP contribution in [0.3, 0.4) is 0 Å². The quantitative estimate of drug-likeness (QED) is 0.803. The van der Waals surface area contributed by atoms with Gasteiger partial charge in [-0.25, -0.2) is 9.78 Å². The number of ether oxygens (including phenoxy) is 2. The van der Waals surface area contributed by atoms with Crippen LogP contribution >= 0.6 is 0 Å². The van der Waals surface area contributed by atoms with E-state index >= 15 is 0 Å². The molecule has 6 nitrogen and oxygen atoms in total. The third-order valence-corrected chi connectivity index (χ3v) is 1.72. The summed E-state index contributed by atoms with van der Waals surface area (Å²) >= 11 is 0. The maximum Gasteiger partial charge on any atom is 0.573 e. The summed E-state index contributed by atoms with van der Waals surface area (Å²) in [5, 5.41) is 8.65. The zero-order valence-electron chi connectivity index (χ0n) is 8.91. The lowest BCUT2D eigenvalue weighted by Gasteiger charge is -2.12. The number of esters is 1. The maximum atomic E-state index is 12.1. The molecule has 2 N–H and O–H groups in total. The van der Waals surface area contributed by atoms with E-state index in [1.165, 1.54) is 6.07 Å². The largest absolute Gasteiger partial charge is 0.573 e. The molecule has 0 saturated heterocycles. The molecule has 9 heteroatoms.